The molecule has 0 spiro atoms. The fourth-order valence-electron chi connectivity index (χ4n) is 4.00. The summed E-state index contributed by atoms with van der Waals surface area (Å²) < 4.78 is 0. The highest BCUT2D eigenvalue weighted by molar-refractivity contribution is 5.99. The molecule has 0 radical (unpaired) electrons. The maximum atomic E-state index is 13.0. The molecular formula is C19H30N6O2. The highest BCUT2D eigenvalue weighted by Crippen LogP contribution is 2.47. The molecule has 0 aromatic carbocycles. The second-order valence-electron chi connectivity index (χ2n) is 8.68. The predicted molar refractivity (Wildman–Crippen MR) is 104 cm³/mol. The third kappa shape index (κ3) is 3.57. The fourth-order valence-corrected chi connectivity index (χ4v) is 4.00. The zero-order valence-electron chi connectivity index (χ0n) is 16.9. The first-order chi connectivity index (χ1) is 12.6. The molecule has 0 bridgehead atoms. The molecule has 3 N–H and O–H groups in total. The maximum Gasteiger partial charge on any atom is 0.273 e. The van der Waals surface area contributed by atoms with Gasteiger partial charge in [-0.05, 0) is 25.7 Å². The minimum Gasteiger partial charge on any atom is -0.383 e. The number of carbonyl (C=O) groups excluding carboxylic acids is 2. The van der Waals surface area contributed by atoms with Gasteiger partial charge in [0, 0.05) is 37.7 Å². The normalized spacial score (nSPS) is 20.0. The Labute approximate surface area is 160 Å². The standard InChI is InChI=1S/C19H30N6O2/c1-11(2)25-15(19(3,4)5)13-14(17(25)27)22-18(23-16(13)20)21-8-10-24-9-6-7-12(24)26/h11,15H,6-10H2,1-5H3,(H3,20,21,22,23). The number of nitrogens with one attached hydrogen (secondary N) is 1. The molecule has 0 saturated carbocycles. The lowest BCUT2D eigenvalue weighted by Crippen LogP contribution is -2.40. The topological polar surface area (TPSA) is 104 Å². The number of hydrogen-bond acceptors (Lipinski definition) is 6. The van der Waals surface area contributed by atoms with Gasteiger partial charge in [-0.1, -0.05) is 20.8 Å². The largest absolute Gasteiger partial charge is 0.383 e. The first-order valence-electron chi connectivity index (χ1n) is 9.63. The van der Waals surface area contributed by atoms with E-state index in [9.17, 15) is 9.59 Å². The van der Waals surface area contributed by atoms with E-state index in [1.165, 1.54) is 0 Å². The maximum absolute atomic E-state index is 13.0. The van der Waals surface area contributed by atoms with Gasteiger partial charge in [0.2, 0.25) is 11.9 Å². The Morgan fingerprint density at radius 3 is 2.52 bits per heavy atom. The van der Waals surface area contributed by atoms with Crippen molar-refractivity contribution in [3.63, 3.8) is 0 Å². The van der Waals surface area contributed by atoms with Gasteiger partial charge in [0.05, 0.1) is 6.04 Å². The van der Waals surface area contributed by atoms with Crippen LogP contribution in [0.4, 0.5) is 11.8 Å². The molecule has 1 fully saturated rings. The fraction of sp³-hybridized carbons (Fsp3) is 0.684. The first kappa shape index (κ1) is 19.4. The van der Waals surface area contributed by atoms with E-state index in [0.717, 1.165) is 18.5 Å². The Morgan fingerprint density at radius 2 is 1.96 bits per heavy atom. The molecule has 1 unspecified atom stereocenters. The molecule has 2 aliphatic heterocycles. The minimum absolute atomic E-state index is 0.0351. The Balaban J connectivity index is 1.83. The molecule has 1 saturated heterocycles. The van der Waals surface area contributed by atoms with Gasteiger partial charge >= 0.3 is 0 Å². The van der Waals surface area contributed by atoms with Crippen molar-refractivity contribution in [1.29, 1.82) is 0 Å². The number of likely N-dealkylation sites (tertiary alicyclic amines) is 1. The molecule has 148 valence electrons. The third-order valence-corrected chi connectivity index (χ3v) is 5.18. The summed E-state index contributed by atoms with van der Waals surface area (Å²) in [5.41, 5.74) is 7.19. The van der Waals surface area contributed by atoms with Crippen molar-refractivity contribution < 1.29 is 9.59 Å². The van der Waals surface area contributed by atoms with E-state index in [2.05, 4.69) is 36.1 Å². The van der Waals surface area contributed by atoms with Crippen molar-refractivity contribution in [2.45, 2.75) is 59.5 Å². The highest BCUT2D eigenvalue weighted by atomic mass is 16.2. The summed E-state index contributed by atoms with van der Waals surface area (Å²) in [5, 5.41) is 3.11. The van der Waals surface area contributed by atoms with Crippen LogP contribution in [0.1, 0.15) is 69.6 Å². The summed E-state index contributed by atoms with van der Waals surface area (Å²) >= 11 is 0. The number of anilines is 2. The number of hydrogen-bond donors (Lipinski definition) is 2. The van der Waals surface area contributed by atoms with E-state index in [-0.39, 0.29) is 29.3 Å². The molecule has 3 rings (SSSR count). The summed E-state index contributed by atoms with van der Waals surface area (Å²) in [6.07, 6.45) is 1.53. The lowest BCUT2D eigenvalue weighted by Gasteiger charge is -2.37. The number of aromatic nitrogens is 2. The third-order valence-electron chi connectivity index (χ3n) is 5.18. The van der Waals surface area contributed by atoms with E-state index < -0.39 is 0 Å². The van der Waals surface area contributed by atoms with Crippen molar-refractivity contribution in [3.8, 4) is 0 Å². The van der Waals surface area contributed by atoms with Gasteiger partial charge < -0.3 is 20.9 Å². The Kier molecular flexibility index (Phi) is 5.01. The van der Waals surface area contributed by atoms with Gasteiger partial charge in [0.1, 0.15) is 11.5 Å². The van der Waals surface area contributed by atoms with Gasteiger partial charge in [0.25, 0.3) is 5.91 Å². The number of carbonyl (C=O) groups is 2. The second kappa shape index (κ2) is 6.98. The van der Waals surface area contributed by atoms with Gasteiger partial charge in [-0.3, -0.25) is 9.59 Å². The zero-order valence-corrected chi connectivity index (χ0v) is 16.9. The average molecular weight is 374 g/mol. The quantitative estimate of drug-likeness (QED) is 0.817. The molecule has 8 nitrogen and oxygen atoms in total. The Hall–Kier alpha value is -2.38. The SMILES string of the molecule is CC(C)N1C(=O)c2nc(NCCN3CCCC3=O)nc(N)c2C1C(C)(C)C. The van der Waals surface area contributed by atoms with Crippen LogP contribution >= 0.6 is 0 Å². The molecular weight excluding hydrogens is 344 g/mol. The van der Waals surface area contributed by atoms with Crippen molar-refractivity contribution in [3.05, 3.63) is 11.3 Å². The van der Waals surface area contributed by atoms with Gasteiger partial charge in [-0.15, -0.1) is 0 Å². The van der Waals surface area contributed by atoms with Crippen LogP contribution in [0.25, 0.3) is 0 Å². The number of fused-ring (bicyclic) bond motifs is 1. The molecule has 27 heavy (non-hydrogen) atoms. The summed E-state index contributed by atoms with van der Waals surface area (Å²) in [6.45, 7) is 12.2. The Morgan fingerprint density at radius 1 is 1.26 bits per heavy atom. The van der Waals surface area contributed by atoms with Crippen LogP contribution in [0, 0.1) is 5.41 Å². The Bertz CT molecular complexity index is 755. The van der Waals surface area contributed by atoms with E-state index in [1.54, 1.807) is 0 Å². The van der Waals surface area contributed by atoms with E-state index >= 15 is 0 Å². The van der Waals surface area contributed by atoms with Gasteiger partial charge in [-0.2, -0.15) is 4.98 Å². The lowest BCUT2D eigenvalue weighted by atomic mass is 9.82. The van der Waals surface area contributed by atoms with Crippen LogP contribution in [-0.2, 0) is 4.79 Å². The van der Waals surface area contributed by atoms with Crippen molar-refractivity contribution in [1.82, 2.24) is 19.8 Å². The number of nitrogens with two attached hydrogens (primary N) is 1. The molecule has 8 heteroatoms. The molecule has 0 aliphatic carbocycles. The number of nitrogens with zero attached hydrogens (tertiary/aromatic N) is 4. The lowest BCUT2D eigenvalue weighted by molar-refractivity contribution is -0.127. The summed E-state index contributed by atoms with van der Waals surface area (Å²) in [4.78, 5) is 37.3. The van der Waals surface area contributed by atoms with Gasteiger partial charge in [0.15, 0.2) is 0 Å². The smallest absolute Gasteiger partial charge is 0.273 e. The van der Waals surface area contributed by atoms with E-state index in [1.807, 2.05) is 23.6 Å². The summed E-state index contributed by atoms with van der Waals surface area (Å²) in [5.74, 6) is 0.759. The van der Waals surface area contributed by atoms with Crippen LogP contribution in [0.5, 0.6) is 0 Å². The van der Waals surface area contributed by atoms with Crippen LogP contribution < -0.4 is 11.1 Å². The van der Waals surface area contributed by atoms with Crippen LogP contribution in [0.2, 0.25) is 0 Å². The molecule has 3 heterocycles. The van der Waals surface area contributed by atoms with Crippen LogP contribution in [0.15, 0.2) is 0 Å². The number of nitrogen functional groups attached to an aromatic ring is 1. The molecule has 2 amide bonds. The summed E-state index contributed by atoms with van der Waals surface area (Å²) in [6, 6.07) is -0.121. The summed E-state index contributed by atoms with van der Waals surface area (Å²) in [7, 11) is 0. The monoisotopic (exact) mass is 374 g/mol. The van der Waals surface area contributed by atoms with Crippen molar-refractivity contribution in [2.24, 2.45) is 5.41 Å². The second-order valence-corrected chi connectivity index (χ2v) is 8.68. The number of rotatable bonds is 5. The van der Waals surface area contributed by atoms with E-state index in [4.69, 9.17) is 5.73 Å². The first-order valence-corrected chi connectivity index (χ1v) is 9.63. The van der Waals surface area contributed by atoms with Gasteiger partial charge in [-0.25, -0.2) is 4.98 Å². The minimum atomic E-state index is -0.187. The van der Waals surface area contributed by atoms with Crippen LogP contribution in [0.3, 0.4) is 0 Å². The predicted octanol–water partition coefficient (Wildman–Crippen LogP) is 2.04. The number of amides is 2. The molecule has 1 aromatic rings. The van der Waals surface area contributed by atoms with E-state index in [0.29, 0.717) is 37.0 Å². The zero-order chi connectivity index (χ0) is 19.9. The van der Waals surface area contributed by atoms with Crippen molar-refractivity contribution >= 4 is 23.6 Å². The van der Waals surface area contributed by atoms with Crippen LogP contribution in [-0.4, -0.2) is 57.3 Å². The average Bonchev–Trinajstić information content (AvgIpc) is 3.09. The molecule has 2 aliphatic rings. The highest BCUT2D eigenvalue weighted by Gasteiger charge is 2.47. The van der Waals surface area contributed by atoms with Crippen molar-refractivity contribution in [2.75, 3.05) is 30.7 Å². The molecule has 1 atom stereocenters. The molecule has 1 aromatic heterocycles.